The summed E-state index contributed by atoms with van der Waals surface area (Å²) in [5.41, 5.74) is 1.70. The standard InChI is InChI=1S/C24H17BrClNO5S/c1-2-31-23(29)17-11-14(7-9-19(17)26)20-10-8-16(32-20)12-21-22(28)27(24(30)33-21)13-15-5-3-4-6-18(15)25/h3-12H,2,13H2,1H3/b21-12-. The van der Waals surface area contributed by atoms with Crippen molar-refractivity contribution in [2.75, 3.05) is 6.61 Å². The Kier molecular flexibility index (Phi) is 7.07. The number of thioether (sulfide) groups is 1. The van der Waals surface area contributed by atoms with Crippen molar-refractivity contribution in [3.05, 3.63) is 85.9 Å². The highest BCUT2D eigenvalue weighted by Crippen LogP contribution is 2.35. The molecule has 168 valence electrons. The molecule has 0 radical (unpaired) electrons. The zero-order valence-corrected chi connectivity index (χ0v) is 20.5. The Morgan fingerprint density at radius 1 is 1.18 bits per heavy atom. The third kappa shape index (κ3) is 5.08. The third-order valence-corrected chi connectivity index (χ3v) is 6.82. The average molecular weight is 547 g/mol. The van der Waals surface area contributed by atoms with Gasteiger partial charge in [0, 0.05) is 16.1 Å². The van der Waals surface area contributed by atoms with Crippen LogP contribution in [0.4, 0.5) is 4.79 Å². The molecule has 3 aromatic rings. The van der Waals surface area contributed by atoms with E-state index in [-0.39, 0.29) is 39.8 Å². The second kappa shape index (κ2) is 9.99. The summed E-state index contributed by atoms with van der Waals surface area (Å²) in [6, 6.07) is 15.7. The van der Waals surface area contributed by atoms with E-state index in [1.807, 2.05) is 24.3 Å². The number of imide groups is 1. The van der Waals surface area contributed by atoms with Crippen LogP contribution in [0.2, 0.25) is 5.02 Å². The van der Waals surface area contributed by atoms with Gasteiger partial charge in [-0.25, -0.2) is 4.79 Å². The normalized spacial score (nSPS) is 14.9. The van der Waals surface area contributed by atoms with Crippen molar-refractivity contribution >= 4 is 62.5 Å². The van der Waals surface area contributed by atoms with Crippen molar-refractivity contribution in [1.82, 2.24) is 4.90 Å². The first-order valence-electron chi connectivity index (χ1n) is 9.93. The van der Waals surface area contributed by atoms with E-state index < -0.39 is 5.97 Å². The van der Waals surface area contributed by atoms with E-state index in [1.54, 1.807) is 37.3 Å². The maximum atomic E-state index is 12.8. The fraction of sp³-hybridized carbons (Fsp3) is 0.125. The number of hydrogen-bond acceptors (Lipinski definition) is 6. The molecule has 1 aliphatic heterocycles. The molecule has 4 rings (SSSR count). The van der Waals surface area contributed by atoms with E-state index in [0.29, 0.717) is 17.1 Å². The summed E-state index contributed by atoms with van der Waals surface area (Å²) in [6.07, 6.45) is 1.54. The predicted octanol–water partition coefficient (Wildman–Crippen LogP) is 6.78. The zero-order valence-electron chi connectivity index (χ0n) is 17.3. The summed E-state index contributed by atoms with van der Waals surface area (Å²) in [7, 11) is 0. The molecule has 2 amide bonds. The molecule has 0 spiro atoms. The molecular formula is C24H17BrClNO5S. The molecule has 0 saturated carbocycles. The summed E-state index contributed by atoms with van der Waals surface area (Å²) < 4.78 is 11.7. The van der Waals surface area contributed by atoms with Gasteiger partial charge in [0.05, 0.1) is 28.6 Å². The molecule has 2 heterocycles. The number of carbonyl (C=O) groups excluding carboxylic acids is 3. The Balaban J connectivity index is 1.55. The molecule has 1 aromatic heterocycles. The Morgan fingerprint density at radius 2 is 1.97 bits per heavy atom. The van der Waals surface area contributed by atoms with Gasteiger partial charge in [-0.3, -0.25) is 14.5 Å². The first-order valence-corrected chi connectivity index (χ1v) is 11.9. The van der Waals surface area contributed by atoms with Gasteiger partial charge < -0.3 is 9.15 Å². The molecule has 0 N–H and O–H groups in total. The molecule has 1 aliphatic rings. The van der Waals surface area contributed by atoms with Crippen molar-refractivity contribution in [3.8, 4) is 11.3 Å². The summed E-state index contributed by atoms with van der Waals surface area (Å²) in [5, 5.41) is -0.0618. The van der Waals surface area contributed by atoms with E-state index in [1.165, 1.54) is 11.0 Å². The van der Waals surface area contributed by atoms with Gasteiger partial charge in [-0.15, -0.1) is 0 Å². The first-order chi connectivity index (χ1) is 15.9. The number of esters is 1. The molecule has 0 atom stereocenters. The second-order valence-electron chi connectivity index (χ2n) is 6.98. The van der Waals surface area contributed by atoms with Crippen LogP contribution in [-0.4, -0.2) is 28.6 Å². The number of halogens is 2. The highest BCUT2D eigenvalue weighted by Gasteiger charge is 2.35. The lowest BCUT2D eigenvalue weighted by molar-refractivity contribution is -0.123. The number of carbonyl (C=O) groups is 3. The Bertz CT molecular complexity index is 1290. The van der Waals surface area contributed by atoms with Crippen molar-refractivity contribution in [1.29, 1.82) is 0 Å². The van der Waals surface area contributed by atoms with E-state index >= 15 is 0 Å². The molecule has 0 bridgehead atoms. The maximum Gasteiger partial charge on any atom is 0.339 e. The number of benzene rings is 2. The van der Waals surface area contributed by atoms with Gasteiger partial charge in [0.2, 0.25) is 0 Å². The van der Waals surface area contributed by atoms with Gasteiger partial charge in [0.25, 0.3) is 11.1 Å². The smallest absolute Gasteiger partial charge is 0.339 e. The van der Waals surface area contributed by atoms with Crippen LogP contribution >= 0.6 is 39.3 Å². The van der Waals surface area contributed by atoms with Crippen LogP contribution in [0, 0.1) is 0 Å². The number of rotatable bonds is 6. The molecule has 0 aliphatic carbocycles. The Labute approximate surface area is 207 Å². The first kappa shape index (κ1) is 23.4. The van der Waals surface area contributed by atoms with E-state index in [9.17, 15) is 14.4 Å². The monoisotopic (exact) mass is 545 g/mol. The summed E-state index contributed by atoms with van der Waals surface area (Å²) in [5.74, 6) is -0.00964. The zero-order chi connectivity index (χ0) is 23.5. The van der Waals surface area contributed by atoms with Crippen molar-refractivity contribution < 1.29 is 23.5 Å². The van der Waals surface area contributed by atoms with E-state index in [2.05, 4.69) is 15.9 Å². The number of hydrogen-bond donors (Lipinski definition) is 0. The molecule has 0 unspecified atom stereocenters. The van der Waals surface area contributed by atoms with Crippen molar-refractivity contribution in [2.45, 2.75) is 13.5 Å². The molecule has 9 heteroatoms. The van der Waals surface area contributed by atoms with Gasteiger partial charge in [0.1, 0.15) is 11.5 Å². The van der Waals surface area contributed by atoms with E-state index in [0.717, 1.165) is 21.8 Å². The topological polar surface area (TPSA) is 76.8 Å². The minimum absolute atomic E-state index is 0.175. The van der Waals surface area contributed by atoms with Gasteiger partial charge >= 0.3 is 5.97 Å². The molecule has 6 nitrogen and oxygen atoms in total. The summed E-state index contributed by atoms with van der Waals surface area (Å²) in [4.78, 5) is 38.8. The molecular weight excluding hydrogens is 530 g/mol. The molecule has 1 saturated heterocycles. The fourth-order valence-corrected chi connectivity index (χ4v) is 4.62. The van der Waals surface area contributed by atoms with Crippen LogP contribution in [0.1, 0.15) is 28.6 Å². The quantitative estimate of drug-likeness (QED) is 0.251. The maximum absolute atomic E-state index is 12.8. The second-order valence-corrected chi connectivity index (χ2v) is 9.23. The third-order valence-electron chi connectivity index (χ3n) is 4.81. The Morgan fingerprint density at radius 3 is 2.73 bits per heavy atom. The average Bonchev–Trinajstić information content (AvgIpc) is 3.36. The minimum Gasteiger partial charge on any atom is -0.462 e. The number of nitrogens with zero attached hydrogens (tertiary/aromatic N) is 1. The highest BCUT2D eigenvalue weighted by atomic mass is 79.9. The van der Waals surface area contributed by atoms with Crippen molar-refractivity contribution in [3.63, 3.8) is 0 Å². The van der Waals surface area contributed by atoms with Gasteiger partial charge in [-0.05, 0) is 60.6 Å². The molecule has 1 fully saturated rings. The lowest BCUT2D eigenvalue weighted by atomic mass is 10.1. The van der Waals surface area contributed by atoms with Crippen LogP contribution in [0.15, 0.2) is 68.4 Å². The largest absolute Gasteiger partial charge is 0.462 e. The molecule has 2 aromatic carbocycles. The Hall–Kier alpha value is -2.81. The summed E-state index contributed by atoms with van der Waals surface area (Å²) in [6.45, 7) is 2.13. The van der Waals surface area contributed by atoms with E-state index in [4.69, 9.17) is 20.8 Å². The minimum atomic E-state index is -0.519. The fourth-order valence-electron chi connectivity index (χ4n) is 3.19. The van der Waals surface area contributed by atoms with Crippen LogP contribution in [-0.2, 0) is 16.1 Å². The molecule has 33 heavy (non-hydrogen) atoms. The number of amides is 2. The number of ether oxygens (including phenoxy) is 1. The van der Waals surface area contributed by atoms with Gasteiger partial charge in [-0.2, -0.15) is 0 Å². The van der Waals surface area contributed by atoms with Crippen molar-refractivity contribution in [2.24, 2.45) is 0 Å². The number of furan rings is 1. The lowest BCUT2D eigenvalue weighted by Gasteiger charge is -2.13. The van der Waals surface area contributed by atoms with Crippen LogP contribution in [0.25, 0.3) is 17.4 Å². The highest BCUT2D eigenvalue weighted by molar-refractivity contribution is 9.10. The lowest BCUT2D eigenvalue weighted by Crippen LogP contribution is -2.27. The SMILES string of the molecule is CCOC(=O)c1cc(-c2ccc(/C=C3\SC(=O)N(Cc4ccccc4Br)C3=O)o2)ccc1Cl. The predicted molar refractivity (Wildman–Crippen MR) is 131 cm³/mol. The summed E-state index contributed by atoms with van der Waals surface area (Å²) >= 11 is 10.4. The van der Waals surface area contributed by atoms with Crippen LogP contribution in [0.5, 0.6) is 0 Å². The van der Waals surface area contributed by atoms with Gasteiger partial charge in [-0.1, -0.05) is 45.7 Å². The van der Waals surface area contributed by atoms with Gasteiger partial charge in [0.15, 0.2) is 0 Å². The van der Waals surface area contributed by atoms with Crippen LogP contribution < -0.4 is 0 Å². The van der Waals surface area contributed by atoms with Crippen LogP contribution in [0.3, 0.4) is 0 Å².